The highest BCUT2D eigenvalue weighted by atomic mass is 19.4. The molecule has 1 aliphatic carbocycles. The summed E-state index contributed by atoms with van der Waals surface area (Å²) in [6.45, 7) is 7.92. The average Bonchev–Trinajstić information content (AvgIpc) is 2.07. The van der Waals surface area contributed by atoms with Crippen molar-refractivity contribution >= 4 is 0 Å². The Morgan fingerprint density at radius 2 is 1.81 bits per heavy atom. The van der Waals surface area contributed by atoms with Crippen molar-refractivity contribution in [3.63, 3.8) is 0 Å². The molecule has 0 heterocycles. The predicted octanol–water partition coefficient (Wildman–Crippen LogP) is 3.74. The van der Waals surface area contributed by atoms with Gasteiger partial charge < -0.3 is 5.32 Å². The molecule has 0 aromatic carbocycles. The summed E-state index contributed by atoms with van der Waals surface area (Å²) in [6.07, 6.45) is -2.71. The molecule has 0 saturated heterocycles. The van der Waals surface area contributed by atoms with E-state index in [9.17, 15) is 13.2 Å². The van der Waals surface area contributed by atoms with Gasteiger partial charge in [-0.15, -0.1) is 0 Å². The van der Waals surface area contributed by atoms with Crippen LogP contribution in [0.4, 0.5) is 13.2 Å². The van der Waals surface area contributed by atoms with Crippen LogP contribution in [-0.2, 0) is 0 Å². The fraction of sp³-hybridized carbons (Fsp3) is 1.00. The van der Waals surface area contributed by atoms with E-state index in [2.05, 4.69) is 19.2 Å². The molecule has 2 unspecified atom stereocenters. The van der Waals surface area contributed by atoms with Crippen LogP contribution in [0.2, 0.25) is 0 Å². The van der Waals surface area contributed by atoms with E-state index in [0.29, 0.717) is 19.4 Å². The number of halogens is 3. The molecule has 1 aliphatic rings. The summed E-state index contributed by atoms with van der Waals surface area (Å²) >= 11 is 0. The average molecular weight is 237 g/mol. The highest BCUT2D eigenvalue weighted by molar-refractivity contribution is 5.04. The molecular weight excluding hydrogens is 215 g/mol. The first-order valence-corrected chi connectivity index (χ1v) is 5.96. The van der Waals surface area contributed by atoms with Crippen LogP contribution in [0.3, 0.4) is 0 Å². The molecule has 1 nitrogen and oxygen atoms in total. The Hall–Kier alpha value is -0.250. The van der Waals surface area contributed by atoms with Gasteiger partial charge in [0.15, 0.2) is 0 Å². The molecule has 1 fully saturated rings. The normalized spacial score (nSPS) is 35.1. The van der Waals surface area contributed by atoms with Gasteiger partial charge in [0.05, 0.1) is 0 Å². The van der Waals surface area contributed by atoms with E-state index in [1.165, 1.54) is 0 Å². The van der Waals surface area contributed by atoms with Gasteiger partial charge in [-0.25, -0.2) is 0 Å². The first kappa shape index (κ1) is 13.8. The van der Waals surface area contributed by atoms with Crippen LogP contribution in [0.5, 0.6) is 0 Å². The summed E-state index contributed by atoms with van der Waals surface area (Å²) in [7, 11) is 0. The zero-order valence-corrected chi connectivity index (χ0v) is 10.5. The molecule has 0 aromatic heterocycles. The van der Waals surface area contributed by atoms with Crippen LogP contribution in [-0.4, -0.2) is 18.3 Å². The largest absolute Gasteiger partial charge is 0.406 e. The molecule has 16 heavy (non-hydrogen) atoms. The maximum Gasteiger partial charge on any atom is 0.406 e. The molecule has 0 spiro atoms. The molecule has 0 amide bonds. The van der Waals surface area contributed by atoms with Crippen molar-refractivity contribution in [1.82, 2.24) is 5.32 Å². The predicted molar refractivity (Wildman–Crippen MR) is 59.3 cm³/mol. The van der Waals surface area contributed by atoms with Crippen molar-refractivity contribution in [1.29, 1.82) is 0 Å². The molecule has 0 radical (unpaired) electrons. The van der Waals surface area contributed by atoms with E-state index in [-0.39, 0.29) is 17.8 Å². The van der Waals surface area contributed by atoms with Crippen LogP contribution in [0.15, 0.2) is 0 Å². The van der Waals surface area contributed by atoms with Crippen LogP contribution in [0, 0.1) is 11.3 Å². The van der Waals surface area contributed by atoms with Crippen molar-refractivity contribution in [2.75, 3.05) is 6.54 Å². The van der Waals surface area contributed by atoms with Gasteiger partial charge in [0.2, 0.25) is 0 Å². The minimum Gasteiger partial charge on any atom is -0.304 e. The second-order valence-electron chi connectivity index (χ2n) is 5.77. The Labute approximate surface area is 95.8 Å². The number of nitrogens with one attached hydrogen (secondary N) is 1. The monoisotopic (exact) mass is 237 g/mol. The molecule has 1 saturated carbocycles. The standard InChI is InChI=1S/C12H22F3N/c1-5-16-11(12(13,14)15)7-6-10(3,4)8-9(11)2/h9,16H,5-8H2,1-4H3. The quantitative estimate of drug-likeness (QED) is 0.771. The molecule has 96 valence electrons. The molecule has 0 aromatic rings. The third kappa shape index (κ3) is 2.36. The highest BCUT2D eigenvalue weighted by Crippen LogP contribution is 2.50. The van der Waals surface area contributed by atoms with E-state index in [0.717, 1.165) is 0 Å². The first-order chi connectivity index (χ1) is 7.15. The molecule has 4 heteroatoms. The Balaban J connectivity index is 2.96. The maximum absolute atomic E-state index is 13.2. The first-order valence-electron chi connectivity index (χ1n) is 5.96. The van der Waals surface area contributed by atoms with Gasteiger partial charge in [0.25, 0.3) is 0 Å². The van der Waals surface area contributed by atoms with Crippen molar-refractivity contribution in [2.45, 2.75) is 58.7 Å². The van der Waals surface area contributed by atoms with Gasteiger partial charge in [-0.2, -0.15) is 13.2 Å². The zero-order valence-electron chi connectivity index (χ0n) is 10.5. The second kappa shape index (κ2) is 4.21. The number of hydrogen-bond acceptors (Lipinski definition) is 1. The molecule has 0 aliphatic heterocycles. The van der Waals surface area contributed by atoms with Crippen molar-refractivity contribution < 1.29 is 13.2 Å². The summed E-state index contributed by atoms with van der Waals surface area (Å²) < 4.78 is 39.7. The van der Waals surface area contributed by atoms with Crippen molar-refractivity contribution in [3.8, 4) is 0 Å². The minimum absolute atomic E-state index is 0.0313. The van der Waals surface area contributed by atoms with E-state index < -0.39 is 11.7 Å². The van der Waals surface area contributed by atoms with Gasteiger partial charge in [0, 0.05) is 0 Å². The third-order valence-electron chi connectivity index (χ3n) is 3.89. The third-order valence-corrected chi connectivity index (χ3v) is 3.89. The molecular formula is C12H22F3N. The van der Waals surface area contributed by atoms with Crippen LogP contribution >= 0.6 is 0 Å². The van der Waals surface area contributed by atoms with E-state index in [4.69, 9.17) is 0 Å². The highest BCUT2D eigenvalue weighted by Gasteiger charge is 2.59. The Morgan fingerprint density at radius 3 is 2.19 bits per heavy atom. The zero-order chi connectivity index (χ0) is 12.6. The van der Waals surface area contributed by atoms with Gasteiger partial charge in [-0.3, -0.25) is 0 Å². The van der Waals surface area contributed by atoms with Gasteiger partial charge in [-0.05, 0) is 37.1 Å². The Morgan fingerprint density at radius 1 is 1.25 bits per heavy atom. The SMILES string of the molecule is CCNC1(C(F)(F)F)CCC(C)(C)CC1C. The lowest BCUT2D eigenvalue weighted by atomic mass is 9.63. The summed E-state index contributed by atoms with van der Waals surface area (Å²) in [5, 5.41) is 2.70. The molecule has 1 N–H and O–H groups in total. The van der Waals surface area contributed by atoms with E-state index in [1.807, 2.05) is 0 Å². The molecule has 2 atom stereocenters. The van der Waals surface area contributed by atoms with Gasteiger partial charge in [0.1, 0.15) is 5.54 Å². The van der Waals surface area contributed by atoms with Gasteiger partial charge >= 0.3 is 6.18 Å². The minimum atomic E-state index is -4.15. The smallest absolute Gasteiger partial charge is 0.304 e. The summed E-state index contributed by atoms with van der Waals surface area (Å²) in [6, 6.07) is 0. The van der Waals surface area contributed by atoms with Crippen molar-refractivity contribution in [2.24, 2.45) is 11.3 Å². The number of hydrogen-bond donors (Lipinski definition) is 1. The lowest BCUT2D eigenvalue weighted by Gasteiger charge is -2.49. The maximum atomic E-state index is 13.2. The van der Waals surface area contributed by atoms with Crippen LogP contribution < -0.4 is 5.32 Å². The summed E-state index contributed by atoms with van der Waals surface area (Å²) in [4.78, 5) is 0. The molecule has 1 rings (SSSR count). The number of rotatable bonds is 2. The molecule has 0 bridgehead atoms. The lowest BCUT2D eigenvalue weighted by molar-refractivity contribution is -0.225. The fourth-order valence-corrected chi connectivity index (χ4v) is 2.99. The topological polar surface area (TPSA) is 12.0 Å². The van der Waals surface area contributed by atoms with Crippen LogP contribution in [0.1, 0.15) is 47.0 Å². The Bertz CT molecular complexity index is 247. The van der Waals surface area contributed by atoms with Gasteiger partial charge in [-0.1, -0.05) is 27.7 Å². The number of alkyl halides is 3. The lowest BCUT2D eigenvalue weighted by Crippen LogP contribution is -2.63. The van der Waals surface area contributed by atoms with Crippen LogP contribution in [0.25, 0.3) is 0 Å². The van der Waals surface area contributed by atoms with Crippen molar-refractivity contribution in [3.05, 3.63) is 0 Å². The summed E-state index contributed by atoms with van der Waals surface area (Å²) in [5.41, 5.74) is -1.64. The fourth-order valence-electron chi connectivity index (χ4n) is 2.99. The van der Waals surface area contributed by atoms with E-state index >= 15 is 0 Å². The summed E-state index contributed by atoms with van der Waals surface area (Å²) in [5.74, 6) is -0.365. The Kier molecular flexibility index (Phi) is 3.63. The second-order valence-corrected chi connectivity index (χ2v) is 5.77. The van der Waals surface area contributed by atoms with E-state index in [1.54, 1.807) is 13.8 Å².